The van der Waals surface area contributed by atoms with Crippen LogP contribution in [0.3, 0.4) is 0 Å². The zero-order chi connectivity index (χ0) is 15.8. The van der Waals surface area contributed by atoms with Crippen molar-refractivity contribution in [3.63, 3.8) is 0 Å². The fraction of sp³-hybridized carbons (Fsp3) is 0.529. The van der Waals surface area contributed by atoms with Crippen LogP contribution in [0.1, 0.15) is 41.6 Å². The quantitative estimate of drug-likeness (QED) is 0.745. The summed E-state index contributed by atoms with van der Waals surface area (Å²) in [6.07, 6.45) is 3.88. The van der Waals surface area contributed by atoms with Crippen molar-refractivity contribution < 1.29 is 9.59 Å². The molecule has 1 aromatic carbocycles. The molecule has 1 aromatic rings. The van der Waals surface area contributed by atoms with Gasteiger partial charge in [-0.1, -0.05) is 12.1 Å². The lowest BCUT2D eigenvalue weighted by atomic mass is 9.93. The Morgan fingerprint density at radius 1 is 1.27 bits per heavy atom. The van der Waals surface area contributed by atoms with E-state index in [1.54, 1.807) is 13.1 Å². The summed E-state index contributed by atoms with van der Waals surface area (Å²) >= 11 is 0. The Morgan fingerprint density at radius 3 is 2.77 bits per heavy atom. The Kier molecular flexibility index (Phi) is 6.40. The van der Waals surface area contributed by atoms with Crippen LogP contribution in [0.5, 0.6) is 0 Å². The van der Waals surface area contributed by atoms with Gasteiger partial charge in [0.2, 0.25) is 5.91 Å². The van der Waals surface area contributed by atoms with Crippen LogP contribution < -0.4 is 16.0 Å². The molecule has 0 bridgehead atoms. The molecule has 0 unspecified atom stereocenters. The second-order valence-corrected chi connectivity index (χ2v) is 5.79. The van der Waals surface area contributed by atoms with Gasteiger partial charge in [-0.05, 0) is 56.0 Å². The SMILES string of the molecule is CNC(=O)c1cccc(CNC(=O)CCC2CCNCC2)c1. The van der Waals surface area contributed by atoms with Gasteiger partial charge in [0.05, 0.1) is 0 Å². The molecule has 2 amide bonds. The molecule has 1 fully saturated rings. The Morgan fingerprint density at radius 2 is 2.05 bits per heavy atom. The number of carbonyl (C=O) groups excluding carboxylic acids is 2. The van der Waals surface area contributed by atoms with E-state index >= 15 is 0 Å². The van der Waals surface area contributed by atoms with Crippen molar-refractivity contribution in [2.24, 2.45) is 5.92 Å². The van der Waals surface area contributed by atoms with E-state index in [2.05, 4.69) is 16.0 Å². The van der Waals surface area contributed by atoms with Crippen LogP contribution in [0.2, 0.25) is 0 Å². The first-order valence-corrected chi connectivity index (χ1v) is 7.97. The highest BCUT2D eigenvalue weighted by molar-refractivity contribution is 5.94. The van der Waals surface area contributed by atoms with Crippen LogP contribution in [0.25, 0.3) is 0 Å². The first-order chi connectivity index (χ1) is 10.7. The predicted octanol–water partition coefficient (Wildman–Crippen LogP) is 1.44. The molecule has 120 valence electrons. The minimum absolute atomic E-state index is 0.0869. The fourth-order valence-corrected chi connectivity index (χ4v) is 2.76. The van der Waals surface area contributed by atoms with E-state index in [1.807, 2.05) is 18.2 Å². The van der Waals surface area contributed by atoms with E-state index < -0.39 is 0 Å². The maximum Gasteiger partial charge on any atom is 0.251 e. The molecule has 0 aliphatic carbocycles. The molecule has 0 aromatic heterocycles. The van der Waals surface area contributed by atoms with Gasteiger partial charge in [-0.3, -0.25) is 9.59 Å². The summed E-state index contributed by atoms with van der Waals surface area (Å²) < 4.78 is 0. The van der Waals surface area contributed by atoms with Gasteiger partial charge in [-0.15, -0.1) is 0 Å². The highest BCUT2D eigenvalue weighted by Gasteiger charge is 2.14. The van der Waals surface area contributed by atoms with Gasteiger partial charge in [0.1, 0.15) is 0 Å². The van der Waals surface area contributed by atoms with Gasteiger partial charge in [0.15, 0.2) is 0 Å². The smallest absolute Gasteiger partial charge is 0.251 e. The molecule has 1 aliphatic heterocycles. The lowest BCUT2D eigenvalue weighted by Gasteiger charge is -2.22. The minimum Gasteiger partial charge on any atom is -0.355 e. The van der Waals surface area contributed by atoms with Gasteiger partial charge in [0.25, 0.3) is 5.91 Å². The summed E-state index contributed by atoms with van der Waals surface area (Å²) in [5, 5.41) is 8.87. The highest BCUT2D eigenvalue weighted by Crippen LogP contribution is 2.17. The molecule has 0 radical (unpaired) electrons. The first-order valence-electron chi connectivity index (χ1n) is 7.97. The Labute approximate surface area is 131 Å². The molecule has 0 atom stereocenters. The van der Waals surface area contributed by atoms with Crippen LogP contribution >= 0.6 is 0 Å². The zero-order valence-corrected chi connectivity index (χ0v) is 13.2. The number of amides is 2. The van der Waals surface area contributed by atoms with Gasteiger partial charge in [-0.25, -0.2) is 0 Å². The van der Waals surface area contributed by atoms with E-state index in [1.165, 1.54) is 12.8 Å². The Hall–Kier alpha value is -1.88. The molecule has 1 aliphatic rings. The summed E-state index contributed by atoms with van der Waals surface area (Å²) in [7, 11) is 1.61. The summed E-state index contributed by atoms with van der Waals surface area (Å²) in [4.78, 5) is 23.5. The topological polar surface area (TPSA) is 70.2 Å². The molecule has 5 heteroatoms. The van der Waals surface area contributed by atoms with Crippen molar-refractivity contribution >= 4 is 11.8 Å². The predicted molar refractivity (Wildman–Crippen MR) is 86.5 cm³/mol. The summed E-state index contributed by atoms with van der Waals surface area (Å²) in [5.74, 6) is 0.645. The number of piperidine rings is 1. The van der Waals surface area contributed by atoms with Gasteiger partial charge < -0.3 is 16.0 Å². The third-order valence-electron chi connectivity index (χ3n) is 4.14. The molecular formula is C17H25N3O2. The molecule has 1 saturated heterocycles. The van der Waals surface area contributed by atoms with Crippen molar-refractivity contribution in [3.8, 4) is 0 Å². The van der Waals surface area contributed by atoms with Crippen LogP contribution in [-0.4, -0.2) is 32.0 Å². The molecule has 2 rings (SSSR count). The lowest BCUT2D eigenvalue weighted by Crippen LogP contribution is -2.29. The lowest BCUT2D eigenvalue weighted by molar-refractivity contribution is -0.121. The van der Waals surface area contributed by atoms with Crippen LogP contribution in [0.15, 0.2) is 24.3 Å². The molecule has 0 spiro atoms. The Bertz CT molecular complexity index is 510. The average molecular weight is 303 g/mol. The van der Waals surface area contributed by atoms with E-state index in [0.717, 1.165) is 25.1 Å². The third-order valence-corrected chi connectivity index (χ3v) is 4.14. The number of hydrogen-bond acceptors (Lipinski definition) is 3. The van der Waals surface area contributed by atoms with E-state index in [4.69, 9.17) is 0 Å². The number of nitrogens with one attached hydrogen (secondary N) is 3. The highest BCUT2D eigenvalue weighted by atomic mass is 16.2. The molecule has 1 heterocycles. The second kappa shape index (κ2) is 8.54. The molecule has 5 nitrogen and oxygen atoms in total. The molecule has 3 N–H and O–H groups in total. The first kappa shape index (κ1) is 16.5. The van der Waals surface area contributed by atoms with Crippen LogP contribution in [0.4, 0.5) is 0 Å². The minimum atomic E-state index is -0.112. The molecule has 22 heavy (non-hydrogen) atoms. The van der Waals surface area contributed by atoms with Crippen molar-refractivity contribution in [3.05, 3.63) is 35.4 Å². The van der Waals surface area contributed by atoms with E-state index in [-0.39, 0.29) is 11.8 Å². The zero-order valence-electron chi connectivity index (χ0n) is 13.2. The molecular weight excluding hydrogens is 278 g/mol. The number of hydrogen-bond donors (Lipinski definition) is 3. The van der Waals surface area contributed by atoms with Crippen molar-refractivity contribution in [1.29, 1.82) is 0 Å². The standard InChI is InChI=1S/C17H25N3O2/c1-18-17(22)15-4-2-3-14(11-15)12-20-16(21)6-5-13-7-9-19-10-8-13/h2-4,11,13,19H,5-10,12H2,1H3,(H,18,22)(H,20,21). The maximum absolute atomic E-state index is 11.9. The van der Waals surface area contributed by atoms with Gasteiger partial charge in [-0.2, -0.15) is 0 Å². The molecule has 0 saturated carbocycles. The summed E-state index contributed by atoms with van der Waals surface area (Å²) in [6, 6.07) is 7.33. The average Bonchev–Trinajstić information content (AvgIpc) is 2.58. The van der Waals surface area contributed by atoms with E-state index in [0.29, 0.717) is 24.4 Å². The Balaban J connectivity index is 1.74. The van der Waals surface area contributed by atoms with Crippen molar-refractivity contribution in [1.82, 2.24) is 16.0 Å². The van der Waals surface area contributed by atoms with Gasteiger partial charge in [0, 0.05) is 25.6 Å². The summed E-state index contributed by atoms with van der Waals surface area (Å²) in [6.45, 7) is 2.60. The third kappa shape index (κ3) is 5.15. The van der Waals surface area contributed by atoms with Gasteiger partial charge >= 0.3 is 0 Å². The van der Waals surface area contributed by atoms with Crippen molar-refractivity contribution in [2.45, 2.75) is 32.2 Å². The second-order valence-electron chi connectivity index (χ2n) is 5.79. The fourth-order valence-electron chi connectivity index (χ4n) is 2.76. The van der Waals surface area contributed by atoms with Crippen molar-refractivity contribution in [2.75, 3.05) is 20.1 Å². The van der Waals surface area contributed by atoms with Crippen LogP contribution in [0, 0.1) is 5.92 Å². The van der Waals surface area contributed by atoms with Crippen LogP contribution in [-0.2, 0) is 11.3 Å². The van der Waals surface area contributed by atoms with E-state index in [9.17, 15) is 9.59 Å². The monoisotopic (exact) mass is 303 g/mol. The number of benzene rings is 1. The normalized spacial score (nSPS) is 15.3. The summed E-state index contributed by atoms with van der Waals surface area (Å²) in [5.41, 5.74) is 1.56. The maximum atomic E-state index is 11.9. The largest absolute Gasteiger partial charge is 0.355 e. The number of rotatable bonds is 6. The number of carbonyl (C=O) groups is 2.